The predicted molar refractivity (Wildman–Crippen MR) is 227 cm³/mol. The fraction of sp³-hybridized carbons (Fsp3) is 0.167. The molecule has 0 saturated heterocycles. The Morgan fingerprint density at radius 2 is 1.42 bits per heavy atom. The summed E-state index contributed by atoms with van der Waals surface area (Å²) in [5.74, 6) is 7.46. The van der Waals surface area contributed by atoms with Crippen molar-refractivity contribution in [3.05, 3.63) is 163 Å². The third-order valence-corrected chi connectivity index (χ3v) is 14.7. The summed E-state index contributed by atoms with van der Waals surface area (Å²) in [6.45, 7) is 0.113. The van der Waals surface area contributed by atoms with Crippen LogP contribution in [0.15, 0.2) is 134 Å². The van der Waals surface area contributed by atoms with Crippen molar-refractivity contribution in [3.63, 3.8) is 0 Å². The van der Waals surface area contributed by atoms with E-state index in [1.807, 2.05) is 67.0 Å². The quantitative estimate of drug-likeness (QED) is 0.123. The average molecular weight is 952 g/mol. The molecule has 0 amide bonds. The van der Waals surface area contributed by atoms with Crippen molar-refractivity contribution in [2.24, 2.45) is 0 Å². The van der Waals surface area contributed by atoms with Crippen LogP contribution in [-0.2, 0) is 20.1 Å². The Hall–Kier alpha value is -4.19. The summed E-state index contributed by atoms with van der Waals surface area (Å²) in [7, 11) is 0. The van der Waals surface area contributed by atoms with Crippen LogP contribution in [0.2, 0.25) is 17.3 Å². The van der Waals surface area contributed by atoms with E-state index in [1.165, 1.54) is 30.1 Å². The van der Waals surface area contributed by atoms with Gasteiger partial charge in [0.15, 0.2) is 0 Å². The molecule has 0 fully saturated rings. The molecule has 0 N–H and O–H groups in total. The molecule has 8 aromatic rings. The van der Waals surface area contributed by atoms with E-state index in [4.69, 9.17) is 8.22 Å². The van der Waals surface area contributed by atoms with Gasteiger partial charge in [-0.3, -0.25) is 0 Å². The smallest absolute Gasteiger partial charge is 0.0280 e. The Labute approximate surface area is 343 Å². The monoisotopic (exact) mass is 953 g/mol. The molecule has 8 rings (SSSR count). The summed E-state index contributed by atoms with van der Waals surface area (Å²) in [6, 6.07) is 45.8. The molecule has 0 bridgehead atoms. The van der Waals surface area contributed by atoms with Crippen molar-refractivity contribution >= 4 is 49.2 Å². The molecule has 0 atom stereocenters. The van der Waals surface area contributed by atoms with Gasteiger partial charge in [-0.25, -0.2) is 0 Å². The van der Waals surface area contributed by atoms with Crippen molar-refractivity contribution in [2.45, 2.75) is 50.7 Å². The van der Waals surface area contributed by atoms with Crippen LogP contribution >= 0.6 is 11.3 Å². The number of hydrogen-bond donors (Lipinski definition) is 0. The molecule has 267 valence electrons. The molecule has 0 aliphatic carbocycles. The molecule has 2 nitrogen and oxygen atoms in total. The second kappa shape index (κ2) is 16.4. The maximum absolute atomic E-state index is 7.84. The third-order valence-electron chi connectivity index (χ3n) is 9.29. The van der Waals surface area contributed by atoms with Gasteiger partial charge in [-0.2, -0.15) is 11.3 Å². The molecular weight excluding hydrogens is 901 g/mol. The van der Waals surface area contributed by atoms with E-state index in [9.17, 15) is 0 Å². The van der Waals surface area contributed by atoms with Crippen molar-refractivity contribution in [3.8, 4) is 44.8 Å². The van der Waals surface area contributed by atoms with Crippen LogP contribution in [0.25, 0.3) is 64.9 Å². The van der Waals surface area contributed by atoms with Crippen molar-refractivity contribution in [1.82, 2.24) is 9.97 Å². The minimum atomic E-state index is -2.18. The van der Waals surface area contributed by atoms with Gasteiger partial charge in [-0.05, 0) is 51.8 Å². The summed E-state index contributed by atoms with van der Waals surface area (Å²) >= 11 is -0.157. The number of nitrogens with zero attached hydrogens (tertiary/aromatic N) is 2. The zero-order chi connectivity index (χ0) is 41.4. The van der Waals surface area contributed by atoms with Crippen LogP contribution in [0.3, 0.4) is 0 Å². The number of thiophene rings is 1. The van der Waals surface area contributed by atoms with Crippen LogP contribution in [-0.4, -0.2) is 23.2 Å². The first-order chi connectivity index (χ1) is 27.5. The van der Waals surface area contributed by atoms with Gasteiger partial charge in [0, 0.05) is 35.1 Å². The topological polar surface area (TPSA) is 25.8 Å². The van der Waals surface area contributed by atoms with Gasteiger partial charge in [0.05, 0.1) is 0 Å². The van der Waals surface area contributed by atoms with E-state index in [2.05, 4.69) is 102 Å². The summed E-state index contributed by atoms with van der Waals surface area (Å²) in [5.41, 5.74) is 9.21. The largest absolute Gasteiger partial charge is 0.305 e. The number of benzene rings is 5. The van der Waals surface area contributed by atoms with Gasteiger partial charge in [0.25, 0.3) is 0 Å². The molecule has 5 heteroatoms. The van der Waals surface area contributed by atoms with E-state index < -0.39 is 27.0 Å². The number of rotatable bonds is 6. The summed E-state index contributed by atoms with van der Waals surface area (Å²) < 4.78 is 49.9. The van der Waals surface area contributed by atoms with Crippen molar-refractivity contribution < 1.29 is 28.3 Å². The molecule has 0 spiro atoms. The van der Waals surface area contributed by atoms with E-state index >= 15 is 0 Å². The fourth-order valence-electron chi connectivity index (χ4n) is 6.16. The van der Waals surface area contributed by atoms with Crippen LogP contribution in [0, 0.1) is 25.8 Å². The molecule has 0 aliphatic rings. The second-order valence-corrected chi connectivity index (χ2v) is 26.1. The van der Waals surface area contributed by atoms with Gasteiger partial charge in [-0.15, -0.1) is 23.8 Å². The standard InChI is InChI=1S/C27H22NS.C21H22GeN.Ir/c1-17(2)20-12-13-28-25(15-20)22-9-11-26-24(14-22)23-10-8-21(16-27(23)29-26)19-6-4-18(3)5-7-19;1-16-10-11-18(14-20(16)17-8-6-5-7-9-17)21-13-12-19(15-23-21)22(2,3)4;/h4-8,10-17H,1-3H3;5-10,12-15H,1-4H3;/q2*-1;/i3D3;1D3;. The Morgan fingerprint density at radius 1 is 0.660 bits per heavy atom. The molecule has 53 heavy (non-hydrogen) atoms. The number of fused-ring (bicyclic) bond motifs is 3. The first-order valence-corrected chi connectivity index (χ1v) is 25.7. The molecule has 3 aromatic heterocycles. The van der Waals surface area contributed by atoms with Gasteiger partial charge < -0.3 is 4.98 Å². The Kier molecular flexibility index (Phi) is 9.68. The minimum Gasteiger partial charge on any atom is -0.305 e. The molecule has 0 unspecified atom stereocenters. The van der Waals surface area contributed by atoms with Crippen molar-refractivity contribution in [2.75, 3.05) is 0 Å². The number of hydrogen-bond acceptors (Lipinski definition) is 3. The fourth-order valence-corrected chi connectivity index (χ4v) is 9.44. The zero-order valence-electron chi connectivity index (χ0n) is 36.4. The van der Waals surface area contributed by atoms with E-state index in [-0.39, 0.29) is 20.1 Å². The number of aryl methyl sites for hydroxylation is 2. The number of pyridine rings is 2. The second-order valence-electron chi connectivity index (χ2n) is 14.4. The summed E-state index contributed by atoms with van der Waals surface area (Å²) in [6.07, 6.45) is 3.83. The Morgan fingerprint density at radius 3 is 2.11 bits per heavy atom. The van der Waals surface area contributed by atoms with Crippen molar-refractivity contribution in [1.29, 1.82) is 0 Å². The normalized spacial score (nSPS) is 13.5. The van der Waals surface area contributed by atoms with Gasteiger partial charge in [0.1, 0.15) is 0 Å². The van der Waals surface area contributed by atoms with Gasteiger partial charge in [0.2, 0.25) is 0 Å². The average Bonchev–Trinajstić information content (AvgIpc) is 3.57. The molecule has 1 radical (unpaired) electrons. The van der Waals surface area contributed by atoms with Crippen LogP contribution in [0.4, 0.5) is 0 Å². The molecule has 5 aromatic carbocycles. The SMILES string of the molecule is [2H]C([2H])([2H])c1c[c-]c(-c2cc[c]([Ge]([CH3])([CH3])[CH3])cn2)cc1-c1ccccc1.[2H]C([2H])([2H])c1ccc(-c2ccc3c(c2)sc2c[c-]c(-c4cc(C(C)C)ccn4)cc23)cc1.[Ir]. The van der Waals surface area contributed by atoms with Crippen LogP contribution in [0.1, 0.15) is 44.7 Å². The van der Waals surface area contributed by atoms with Gasteiger partial charge in [-0.1, -0.05) is 72.8 Å². The maximum atomic E-state index is 7.84. The molecule has 0 saturated carbocycles. The Bertz CT molecular complexity index is 2700. The van der Waals surface area contributed by atoms with Gasteiger partial charge >= 0.3 is 146 Å². The predicted octanol–water partition coefficient (Wildman–Crippen LogP) is 13.1. The maximum Gasteiger partial charge on any atom is 0.0280 e. The minimum absolute atomic E-state index is 0. The Balaban J connectivity index is 0.000000199. The third kappa shape index (κ3) is 8.80. The summed E-state index contributed by atoms with van der Waals surface area (Å²) in [5, 5.41) is 2.42. The van der Waals surface area contributed by atoms with Crippen LogP contribution in [0.5, 0.6) is 0 Å². The first-order valence-electron chi connectivity index (χ1n) is 20.5. The molecular formula is C48H44GeIrN2S-2. The zero-order valence-corrected chi connectivity index (χ0v) is 35.7. The van der Waals surface area contributed by atoms with E-state index in [0.29, 0.717) is 22.6 Å². The number of aromatic nitrogens is 2. The van der Waals surface area contributed by atoms with E-state index in [0.717, 1.165) is 39.2 Å². The summed E-state index contributed by atoms with van der Waals surface area (Å²) in [4.78, 5) is 9.19. The molecule has 0 aliphatic heterocycles. The van der Waals surface area contributed by atoms with Crippen LogP contribution < -0.4 is 4.40 Å². The first kappa shape index (κ1) is 31.2. The van der Waals surface area contributed by atoms with E-state index in [1.54, 1.807) is 29.5 Å². The molecule has 3 heterocycles.